The predicted molar refractivity (Wildman–Crippen MR) is 71.9 cm³/mol. The molecule has 0 atom stereocenters. The van der Waals surface area contributed by atoms with Gasteiger partial charge < -0.3 is 14.2 Å². The maximum atomic E-state index is 8.58. The van der Waals surface area contributed by atoms with Gasteiger partial charge in [-0.25, -0.2) is 0 Å². The van der Waals surface area contributed by atoms with Crippen molar-refractivity contribution in [1.29, 1.82) is 15.8 Å². The summed E-state index contributed by atoms with van der Waals surface area (Å²) in [4.78, 5) is 0. The second kappa shape index (κ2) is 7.62. The summed E-state index contributed by atoms with van der Waals surface area (Å²) in [5, 5.41) is 25.7. The molecule has 0 radical (unpaired) electrons. The van der Waals surface area contributed by atoms with Crippen LogP contribution in [0.5, 0.6) is 0 Å². The predicted octanol–water partition coefficient (Wildman–Crippen LogP) is 2.60. The highest BCUT2D eigenvalue weighted by molar-refractivity contribution is 5.50. The first-order valence-corrected chi connectivity index (χ1v) is 6.21. The van der Waals surface area contributed by atoms with E-state index >= 15 is 0 Å². The van der Waals surface area contributed by atoms with E-state index < -0.39 is 0 Å². The summed E-state index contributed by atoms with van der Waals surface area (Å²) in [6.07, 6.45) is 4.93. The Bertz CT molecular complexity index is 537. The van der Waals surface area contributed by atoms with Gasteiger partial charge in [-0.1, -0.05) is 0 Å². The fraction of sp³-hybridized carbons (Fsp3) is 0.400. The lowest BCUT2D eigenvalue weighted by Gasteiger charge is -2.20. The van der Waals surface area contributed by atoms with Crippen molar-refractivity contribution in [2.45, 2.75) is 40.6 Å². The molecule has 0 aliphatic heterocycles. The van der Waals surface area contributed by atoms with E-state index in [0.29, 0.717) is 0 Å². The topological polar surface area (TPSA) is 99.1 Å². The van der Waals surface area contributed by atoms with Gasteiger partial charge in [0.15, 0.2) is 0 Å². The van der Waals surface area contributed by atoms with Crippen molar-refractivity contribution in [2.24, 2.45) is 0 Å². The zero-order valence-corrected chi connectivity index (χ0v) is 12.2. The zero-order chi connectivity index (χ0) is 15.8. The molecular formula is C15H15N3O3. The number of nitrogens with zero attached hydrogens (tertiary/aromatic N) is 3. The molecule has 0 unspecified atom stereocenters. The molecule has 0 N–H and O–H groups in total. The minimum absolute atomic E-state index is 0.132. The molecule has 6 heteroatoms. The Morgan fingerprint density at radius 1 is 0.619 bits per heavy atom. The molecule has 0 spiro atoms. The Morgan fingerprint density at radius 3 is 1.05 bits per heavy atom. The molecule has 0 aromatic heterocycles. The highest BCUT2D eigenvalue weighted by Gasteiger charge is 2.18. The van der Waals surface area contributed by atoms with E-state index in [4.69, 9.17) is 30.0 Å². The van der Waals surface area contributed by atoms with Crippen molar-refractivity contribution >= 4 is 0 Å². The molecule has 0 saturated carbocycles. The van der Waals surface area contributed by atoms with Crippen molar-refractivity contribution < 1.29 is 14.2 Å². The minimum atomic E-state index is 0.132. The molecule has 6 nitrogen and oxygen atoms in total. The van der Waals surface area contributed by atoms with Crippen molar-refractivity contribution in [3.05, 3.63) is 33.4 Å². The Balaban J connectivity index is 3.40. The third-order valence-electron chi connectivity index (χ3n) is 3.56. The van der Waals surface area contributed by atoms with Crippen LogP contribution in [0.4, 0.5) is 0 Å². The standard InChI is InChI=1S/C15H15N3O3/c1-10-13(4-19-7-16)11(2)15(6-21-9-18)12(3)14(10)5-20-8-17/h4-6H2,1-3H3. The van der Waals surface area contributed by atoms with Gasteiger partial charge in [0.2, 0.25) is 0 Å². The van der Waals surface area contributed by atoms with Crippen molar-refractivity contribution in [2.75, 3.05) is 0 Å². The lowest BCUT2D eigenvalue weighted by molar-refractivity contribution is 0.243. The van der Waals surface area contributed by atoms with Gasteiger partial charge in [-0.2, -0.15) is 15.8 Å². The summed E-state index contributed by atoms with van der Waals surface area (Å²) in [5.74, 6) is 0. The van der Waals surface area contributed by atoms with Gasteiger partial charge in [-0.15, -0.1) is 0 Å². The van der Waals surface area contributed by atoms with E-state index in [2.05, 4.69) is 0 Å². The molecule has 108 valence electrons. The Morgan fingerprint density at radius 2 is 0.857 bits per heavy atom. The summed E-state index contributed by atoms with van der Waals surface area (Å²) < 4.78 is 14.5. The van der Waals surface area contributed by atoms with Crippen LogP contribution in [0.15, 0.2) is 0 Å². The maximum absolute atomic E-state index is 8.58. The van der Waals surface area contributed by atoms with Gasteiger partial charge in [0, 0.05) is 0 Å². The second-order valence-electron chi connectivity index (χ2n) is 4.45. The SMILES string of the molecule is Cc1c(COC#N)c(C)c(COC#N)c(C)c1COC#N. The van der Waals surface area contributed by atoms with Crippen molar-refractivity contribution in [1.82, 2.24) is 0 Å². The van der Waals surface area contributed by atoms with E-state index in [-0.39, 0.29) is 19.8 Å². The quantitative estimate of drug-likeness (QED) is 0.745. The van der Waals surface area contributed by atoms with Crippen LogP contribution in [0.25, 0.3) is 0 Å². The minimum Gasteiger partial charge on any atom is -0.423 e. The third-order valence-corrected chi connectivity index (χ3v) is 3.56. The monoisotopic (exact) mass is 285 g/mol. The molecule has 0 heterocycles. The first kappa shape index (κ1) is 16.1. The number of hydrogen-bond acceptors (Lipinski definition) is 6. The Hall–Kier alpha value is -2.91. The largest absolute Gasteiger partial charge is 0.423 e. The fourth-order valence-corrected chi connectivity index (χ4v) is 2.35. The number of rotatable bonds is 6. The van der Waals surface area contributed by atoms with Gasteiger partial charge >= 0.3 is 0 Å². The van der Waals surface area contributed by atoms with Crippen molar-refractivity contribution in [3.63, 3.8) is 0 Å². The molecule has 1 aromatic rings. The van der Waals surface area contributed by atoms with Crippen molar-refractivity contribution in [3.8, 4) is 18.8 Å². The molecule has 21 heavy (non-hydrogen) atoms. The van der Waals surface area contributed by atoms with Crippen LogP contribution in [0.2, 0.25) is 0 Å². The maximum Gasteiger partial charge on any atom is 0.286 e. The number of hydrogen-bond donors (Lipinski definition) is 0. The average Bonchev–Trinajstić information content (AvgIpc) is 2.47. The molecule has 0 aliphatic rings. The van der Waals surface area contributed by atoms with Crippen LogP contribution < -0.4 is 0 Å². The van der Waals surface area contributed by atoms with Gasteiger partial charge in [0.05, 0.1) is 0 Å². The molecule has 0 fully saturated rings. The summed E-state index contributed by atoms with van der Waals surface area (Å²) in [6.45, 7) is 6.07. The van der Waals surface area contributed by atoms with E-state index in [1.807, 2.05) is 20.8 Å². The van der Waals surface area contributed by atoms with Crippen LogP contribution in [-0.2, 0) is 34.0 Å². The molecule has 0 aliphatic carbocycles. The highest BCUT2D eigenvalue weighted by Crippen LogP contribution is 2.29. The number of ether oxygens (including phenoxy) is 3. The molecule has 1 aromatic carbocycles. The van der Waals surface area contributed by atoms with E-state index in [9.17, 15) is 0 Å². The molecule has 0 bridgehead atoms. The normalized spacial score (nSPS) is 9.14. The first-order valence-electron chi connectivity index (χ1n) is 6.21. The van der Waals surface area contributed by atoms with E-state index in [1.54, 1.807) is 18.8 Å². The summed E-state index contributed by atoms with van der Waals surface area (Å²) in [6, 6.07) is 0. The zero-order valence-electron chi connectivity index (χ0n) is 12.2. The van der Waals surface area contributed by atoms with E-state index in [1.165, 1.54) is 0 Å². The first-order chi connectivity index (χ1) is 10.1. The third kappa shape index (κ3) is 3.55. The lowest BCUT2D eigenvalue weighted by atomic mass is 9.89. The summed E-state index contributed by atoms with van der Waals surface area (Å²) >= 11 is 0. The summed E-state index contributed by atoms with van der Waals surface area (Å²) in [7, 11) is 0. The molecule has 0 saturated heterocycles. The van der Waals surface area contributed by atoms with Crippen LogP contribution in [0.3, 0.4) is 0 Å². The average molecular weight is 285 g/mol. The summed E-state index contributed by atoms with van der Waals surface area (Å²) in [5.41, 5.74) is 5.27. The van der Waals surface area contributed by atoms with Crippen LogP contribution in [0, 0.1) is 55.3 Å². The Labute approximate surface area is 123 Å². The number of benzene rings is 1. The van der Waals surface area contributed by atoms with Crippen LogP contribution >= 0.6 is 0 Å². The van der Waals surface area contributed by atoms with Gasteiger partial charge in [-0.3, -0.25) is 0 Å². The van der Waals surface area contributed by atoms with E-state index in [0.717, 1.165) is 33.4 Å². The molecular weight excluding hydrogens is 270 g/mol. The molecule has 1 rings (SSSR count). The molecule has 0 amide bonds. The lowest BCUT2D eigenvalue weighted by Crippen LogP contribution is -2.09. The number of nitriles is 3. The smallest absolute Gasteiger partial charge is 0.286 e. The van der Waals surface area contributed by atoms with Crippen LogP contribution in [-0.4, -0.2) is 0 Å². The van der Waals surface area contributed by atoms with Crippen LogP contribution in [0.1, 0.15) is 33.4 Å². The van der Waals surface area contributed by atoms with Gasteiger partial charge in [0.1, 0.15) is 19.8 Å². The second-order valence-corrected chi connectivity index (χ2v) is 4.45. The van der Waals surface area contributed by atoms with Gasteiger partial charge in [0.25, 0.3) is 18.8 Å². The fourth-order valence-electron chi connectivity index (χ4n) is 2.35. The van der Waals surface area contributed by atoms with Gasteiger partial charge in [-0.05, 0) is 54.2 Å². The highest BCUT2D eigenvalue weighted by atomic mass is 16.5. The Kier molecular flexibility index (Phi) is 5.86.